The highest BCUT2D eigenvalue weighted by Crippen LogP contribution is 2.33. The van der Waals surface area contributed by atoms with Crippen molar-refractivity contribution in [1.82, 2.24) is 0 Å². The Morgan fingerprint density at radius 1 is 1.09 bits per heavy atom. The number of esters is 1. The minimum Gasteiger partial charge on any atom is -0.459 e. The highest BCUT2D eigenvalue weighted by Gasteiger charge is 2.39. The smallest absolute Gasteiger partial charge is 0.384 e. The molecule has 0 fully saturated rings. The lowest BCUT2D eigenvalue weighted by Crippen LogP contribution is -2.47. The maximum absolute atomic E-state index is 11.5. The van der Waals surface area contributed by atoms with Crippen LogP contribution in [0.15, 0.2) is 25.3 Å². The molecule has 0 aliphatic heterocycles. The van der Waals surface area contributed by atoms with Gasteiger partial charge in [0.1, 0.15) is 5.60 Å². The van der Waals surface area contributed by atoms with Crippen LogP contribution in [-0.4, -0.2) is 27.0 Å². The van der Waals surface area contributed by atoms with Crippen molar-refractivity contribution in [3.05, 3.63) is 25.3 Å². The zero-order chi connectivity index (χ0) is 17.8. The summed E-state index contributed by atoms with van der Waals surface area (Å²) in [6, 6.07) is 3.14. The molecule has 130 valence electrons. The van der Waals surface area contributed by atoms with Crippen LogP contribution in [0.4, 0.5) is 0 Å². The molecule has 0 atom stereocenters. The Kier molecular flexibility index (Phi) is 10.6. The Balaban J connectivity index is 5.73. The van der Waals surface area contributed by atoms with Gasteiger partial charge in [0, 0.05) is 5.92 Å². The van der Waals surface area contributed by atoms with Crippen molar-refractivity contribution in [2.45, 2.75) is 70.2 Å². The molecule has 0 aromatic carbocycles. The van der Waals surface area contributed by atoms with Gasteiger partial charge in [-0.25, -0.2) is 4.79 Å². The molecule has 0 unspecified atom stereocenters. The Morgan fingerprint density at radius 2 is 1.57 bits per heavy atom. The number of carbonyl (C=O) groups excluding carboxylic acids is 1. The van der Waals surface area contributed by atoms with E-state index in [1.165, 1.54) is 7.11 Å². The lowest BCUT2D eigenvalue weighted by atomic mass is 9.92. The number of allylic oxidation sites excluding steroid dienone is 2. The van der Waals surface area contributed by atoms with Crippen molar-refractivity contribution in [1.29, 1.82) is 0 Å². The van der Waals surface area contributed by atoms with Crippen LogP contribution in [0.3, 0.4) is 0 Å². The van der Waals surface area contributed by atoms with Crippen molar-refractivity contribution in [2.75, 3.05) is 7.11 Å². The summed E-state index contributed by atoms with van der Waals surface area (Å²) < 4.78 is 11.4. The van der Waals surface area contributed by atoms with Gasteiger partial charge >= 0.3 is 5.97 Å². The summed E-state index contributed by atoms with van der Waals surface area (Å²) in [6.45, 7) is 14.2. The van der Waals surface area contributed by atoms with Crippen LogP contribution >= 0.6 is 0 Å². The van der Waals surface area contributed by atoms with Gasteiger partial charge < -0.3 is 9.16 Å². The molecule has 0 heterocycles. The van der Waals surface area contributed by atoms with Crippen molar-refractivity contribution in [2.24, 2.45) is 0 Å². The molecule has 4 heteroatoms. The molecule has 23 heavy (non-hydrogen) atoms. The summed E-state index contributed by atoms with van der Waals surface area (Å²) in [6.07, 6.45) is 6.83. The van der Waals surface area contributed by atoms with Gasteiger partial charge in [-0.3, -0.25) is 0 Å². The molecule has 0 N–H and O–H groups in total. The highest BCUT2D eigenvalue weighted by molar-refractivity contribution is 6.73. The number of hydrogen-bond acceptors (Lipinski definition) is 3. The predicted octanol–water partition coefficient (Wildman–Crippen LogP) is 4.86. The van der Waals surface area contributed by atoms with Crippen LogP contribution in [0.25, 0.3) is 0 Å². The van der Waals surface area contributed by atoms with Gasteiger partial charge in [0.05, 0.1) is 7.11 Å². The molecular formula is C19H32O3Si. The van der Waals surface area contributed by atoms with Crippen LogP contribution in [0, 0.1) is 11.8 Å². The van der Waals surface area contributed by atoms with E-state index in [1.807, 2.05) is 12.2 Å². The standard InChI is InChI=1S/C19H32O3Si/c1-7-12-15-19(16-13-8-2,17-14-18(20)21-6)22-23(9-3,10-4)11-5/h7-8H,1-2,9-13,15-16H2,3-6H3. The summed E-state index contributed by atoms with van der Waals surface area (Å²) in [5.74, 6) is 5.19. The first kappa shape index (κ1) is 21.7. The van der Waals surface area contributed by atoms with E-state index in [2.05, 4.69) is 50.5 Å². The molecule has 0 radical (unpaired) electrons. The largest absolute Gasteiger partial charge is 0.459 e. The first-order valence-corrected chi connectivity index (χ1v) is 11.0. The van der Waals surface area contributed by atoms with Gasteiger partial charge in [0.25, 0.3) is 0 Å². The van der Waals surface area contributed by atoms with E-state index in [9.17, 15) is 4.79 Å². The van der Waals surface area contributed by atoms with Gasteiger partial charge in [0.15, 0.2) is 8.32 Å². The molecule has 0 aromatic rings. The Morgan fingerprint density at radius 3 is 1.91 bits per heavy atom. The zero-order valence-corrected chi connectivity index (χ0v) is 16.2. The summed E-state index contributed by atoms with van der Waals surface area (Å²) in [5.41, 5.74) is -0.620. The zero-order valence-electron chi connectivity index (χ0n) is 15.2. The molecule has 0 aliphatic rings. The second-order valence-corrected chi connectivity index (χ2v) is 10.4. The molecule has 0 bridgehead atoms. The number of methoxy groups -OCH3 is 1. The minimum absolute atomic E-state index is 0.521. The van der Waals surface area contributed by atoms with E-state index in [0.717, 1.165) is 43.8 Å². The monoisotopic (exact) mass is 336 g/mol. The third-order valence-electron chi connectivity index (χ3n) is 4.43. The fourth-order valence-electron chi connectivity index (χ4n) is 2.64. The number of ether oxygens (including phenoxy) is 1. The number of hydrogen-bond donors (Lipinski definition) is 0. The maximum atomic E-state index is 11.5. The van der Waals surface area contributed by atoms with Crippen LogP contribution in [0.1, 0.15) is 46.5 Å². The summed E-state index contributed by atoms with van der Waals surface area (Å²) in [4.78, 5) is 11.5. The average molecular weight is 337 g/mol. The lowest BCUT2D eigenvalue weighted by molar-refractivity contribution is -0.133. The molecule has 0 saturated heterocycles. The van der Waals surface area contributed by atoms with Crippen LogP contribution in [0.2, 0.25) is 18.1 Å². The van der Waals surface area contributed by atoms with Gasteiger partial charge in [-0.15, -0.1) is 13.2 Å². The van der Waals surface area contributed by atoms with Gasteiger partial charge in [-0.2, -0.15) is 0 Å². The molecule has 0 aliphatic carbocycles. The summed E-state index contributed by atoms with van der Waals surface area (Å²) in [7, 11) is -0.515. The third kappa shape index (κ3) is 7.19. The minimum atomic E-state index is -1.86. The third-order valence-corrected chi connectivity index (χ3v) is 9.12. The van der Waals surface area contributed by atoms with E-state index >= 15 is 0 Å². The van der Waals surface area contributed by atoms with Crippen molar-refractivity contribution in [3.8, 4) is 11.8 Å². The van der Waals surface area contributed by atoms with Gasteiger partial charge in [0.2, 0.25) is 0 Å². The normalized spacial score (nSPS) is 11.3. The fourth-order valence-corrected chi connectivity index (χ4v) is 5.66. The predicted molar refractivity (Wildman–Crippen MR) is 99.7 cm³/mol. The first-order chi connectivity index (χ1) is 11.0. The van der Waals surface area contributed by atoms with E-state index in [-0.39, 0.29) is 0 Å². The van der Waals surface area contributed by atoms with Crippen LogP contribution < -0.4 is 0 Å². The van der Waals surface area contributed by atoms with Crippen molar-refractivity contribution >= 4 is 14.3 Å². The molecule has 0 rings (SSSR count). The average Bonchev–Trinajstić information content (AvgIpc) is 2.60. The van der Waals surface area contributed by atoms with E-state index < -0.39 is 19.9 Å². The molecular weight excluding hydrogens is 304 g/mol. The summed E-state index contributed by atoms with van der Waals surface area (Å²) >= 11 is 0. The number of carbonyl (C=O) groups is 1. The van der Waals surface area contributed by atoms with Crippen molar-refractivity contribution < 1.29 is 14.0 Å². The van der Waals surface area contributed by atoms with Crippen molar-refractivity contribution in [3.63, 3.8) is 0 Å². The van der Waals surface area contributed by atoms with E-state index in [0.29, 0.717) is 0 Å². The van der Waals surface area contributed by atoms with E-state index in [1.54, 1.807) is 0 Å². The quantitative estimate of drug-likeness (QED) is 0.178. The Labute approximate surface area is 143 Å². The first-order valence-electron chi connectivity index (χ1n) is 8.50. The highest BCUT2D eigenvalue weighted by atomic mass is 28.4. The second-order valence-electron chi connectivity index (χ2n) is 5.74. The Hall–Kier alpha value is -1.31. The lowest BCUT2D eigenvalue weighted by Gasteiger charge is -2.39. The molecule has 3 nitrogen and oxygen atoms in total. The fraction of sp³-hybridized carbons (Fsp3) is 0.632. The number of rotatable bonds is 11. The van der Waals surface area contributed by atoms with E-state index in [4.69, 9.17) is 4.43 Å². The Bertz CT molecular complexity index is 421. The maximum Gasteiger partial charge on any atom is 0.384 e. The summed E-state index contributed by atoms with van der Waals surface area (Å²) in [5, 5.41) is 0. The molecule has 0 spiro atoms. The molecule has 0 amide bonds. The molecule has 0 saturated carbocycles. The van der Waals surface area contributed by atoms with Gasteiger partial charge in [-0.1, -0.05) is 38.8 Å². The van der Waals surface area contributed by atoms with Crippen LogP contribution in [-0.2, 0) is 14.0 Å². The second kappa shape index (κ2) is 11.3. The SMILES string of the molecule is C=CCCC(C#CC(=O)OC)(CCC=C)O[Si](CC)(CC)CC. The van der Waals surface area contributed by atoms with Gasteiger partial charge in [-0.05, 0) is 43.8 Å². The topological polar surface area (TPSA) is 35.5 Å². The van der Waals surface area contributed by atoms with Crippen LogP contribution in [0.5, 0.6) is 0 Å². The molecule has 0 aromatic heterocycles.